The third-order valence-electron chi connectivity index (χ3n) is 0.310. The normalized spacial score (nSPS) is 10.3. The molecule has 0 spiro atoms. The maximum absolute atomic E-state index is 10.1. The van der Waals surface area contributed by atoms with Gasteiger partial charge in [0.2, 0.25) is 0 Å². The van der Waals surface area contributed by atoms with Crippen molar-refractivity contribution in [2.24, 2.45) is 16.6 Å². The van der Waals surface area contributed by atoms with Crippen LogP contribution in [0.15, 0.2) is 0 Å². The Hall–Kier alpha value is -0.900. The fraction of sp³-hybridized carbons (Fsp3) is 0.667. The number of primary amides is 2. The van der Waals surface area contributed by atoms with Gasteiger partial charge in [-0.2, -0.15) is 8.42 Å². The van der Waals surface area contributed by atoms with Gasteiger partial charge in [0.1, 0.15) is 0 Å². The van der Waals surface area contributed by atoms with E-state index < -0.39 is 16.2 Å². The Morgan fingerprint density at radius 3 is 1.58 bits per heavy atom. The van der Waals surface area contributed by atoms with Crippen molar-refractivity contribution in [3.05, 3.63) is 0 Å². The third-order valence-corrected chi connectivity index (χ3v) is 0.929. The molecule has 0 rings (SSSR count). The Kier molecular flexibility index (Phi) is 6.51. The zero-order valence-corrected chi connectivity index (χ0v) is 7.63. The molecule has 0 saturated carbocycles. The van der Waals surface area contributed by atoms with Gasteiger partial charge in [0.05, 0.1) is 0 Å². The molecular formula is C3H13N5O3S. The van der Waals surface area contributed by atoms with Crippen LogP contribution in [-0.2, 0) is 10.2 Å². The van der Waals surface area contributed by atoms with Gasteiger partial charge in [0.25, 0.3) is 10.2 Å². The molecule has 0 bridgehead atoms. The molecule has 0 aliphatic rings. The molecule has 0 aromatic rings. The van der Waals surface area contributed by atoms with Crippen LogP contribution in [0.5, 0.6) is 0 Å². The molecule has 12 heavy (non-hydrogen) atoms. The highest BCUT2D eigenvalue weighted by Crippen LogP contribution is 1.66. The molecule has 2 amide bonds. The largest absolute Gasteiger partial charge is 0.352 e. The predicted molar refractivity (Wildman–Crippen MR) is 43.7 cm³/mol. The van der Waals surface area contributed by atoms with Gasteiger partial charge in [-0.1, -0.05) is 0 Å². The first-order valence-electron chi connectivity index (χ1n) is 2.67. The second-order valence-corrected chi connectivity index (χ2v) is 3.21. The Balaban J connectivity index is 0. The first-order chi connectivity index (χ1) is 5.15. The summed E-state index contributed by atoms with van der Waals surface area (Å²) < 4.78 is 20.1. The topological polar surface area (TPSA) is 145 Å². The number of rotatable bonds is 2. The van der Waals surface area contributed by atoms with Crippen LogP contribution in [0.1, 0.15) is 0 Å². The van der Waals surface area contributed by atoms with E-state index in [1.165, 1.54) is 19.1 Å². The van der Waals surface area contributed by atoms with E-state index in [4.69, 9.17) is 4.79 Å². The summed E-state index contributed by atoms with van der Waals surface area (Å²) in [6, 6.07) is -0.833. The highest BCUT2D eigenvalue weighted by Gasteiger charge is 1.98. The maximum Gasteiger partial charge on any atom is 0.309 e. The second-order valence-electron chi connectivity index (χ2n) is 1.93. The van der Waals surface area contributed by atoms with Gasteiger partial charge in [-0.25, -0.2) is 14.9 Å². The third kappa shape index (κ3) is 35.5. The average molecular weight is 199 g/mol. The molecular weight excluding hydrogens is 186 g/mol. The summed E-state index contributed by atoms with van der Waals surface area (Å²) in [7, 11) is -0.483. The van der Waals surface area contributed by atoms with Crippen molar-refractivity contribution in [3.8, 4) is 0 Å². The van der Waals surface area contributed by atoms with Crippen LogP contribution in [-0.4, -0.2) is 33.6 Å². The number of hydrogen-bond acceptors (Lipinski definition) is 4. The average Bonchev–Trinajstić information content (AvgIpc) is 1.52. The molecule has 7 N–H and O–H groups in total. The predicted octanol–water partition coefficient (Wildman–Crippen LogP) is -2.72. The van der Waals surface area contributed by atoms with Gasteiger partial charge >= 0.3 is 6.03 Å². The fourth-order valence-electron chi connectivity index (χ4n) is 0.254. The number of hydrazine groups is 1. The van der Waals surface area contributed by atoms with Crippen LogP contribution in [0, 0.1) is 0 Å². The number of urea groups is 1. The number of hydrogen-bond donors (Lipinski definition) is 4. The van der Waals surface area contributed by atoms with E-state index in [-0.39, 0.29) is 0 Å². The second kappa shape index (κ2) is 5.71. The number of nitrogens with two attached hydrogens (primary N) is 3. The summed E-state index contributed by atoms with van der Waals surface area (Å²) in [5, 5.41) is 5.80. The summed E-state index contributed by atoms with van der Waals surface area (Å²) >= 11 is 0. The van der Waals surface area contributed by atoms with Crippen molar-refractivity contribution in [1.29, 1.82) is 0 Å². The van der Waals surface area contributed by atoms with E-state index in [0.29, 0.717) is 0 Å². The van der Waals surface area contributed by atoms with Crippen molar-refractivity contribution in [2.75, 3.05) is 14.1 Å². The van der Waals surface area contributed by atoms with Crippen LogP contribution >= 0.6 is 0 Å². The van der Waals surface area contributed by atoms with Crippen molar-refractivity contribution >= 4 is 16.2 Å². The lowest BCUT2D eigenvalue weighted by Gasteiger charge is -2.07. The Morgan fingerprint density at radius 1 is 1.33 bits per heavy atom. The van der Waals surface area contributed by atoms with Gasteiger partial charge in [0.15, 0.2) is 0 Å². The summed E-state index contributed by atoms with van der Waals surface area (Å²) in [6.07, 6.45) is 0. The monoisotopic (exact) mass is 199 g/mol. The molecule has 0 aliphatic heterocycles. The summed E-state index contributed by atoms with van der Waals surface area (Å²) in [6.45, 7) is 0. The quantitative estimate of drug-likeness (QED) is 0.358. The molecule has 0 atom stereocenters. The number of nitrogens with zero attached hydrogens (tertiary/aromatic N) is 1. The zero-order valence-electron chi connectivity index (χ0n) is 6.81. The highest BCUT2D eigenvalue weighted by atomic mass is 32.2. The van der Waals surface area contributed by atoms with Crippen molar-refractivity contribution in [1.82, 2.24) is 9.84 Å². The molecule has 0 saturated heterocycles. The molecule has 8 nitrogen and oxygen atoms in total. The van der Waals surface area contributed by atoms with Crippen LogP contribution < -0.4 is 21.4 Å². The number of nitrogens with one attached hydrogen (secondary N) is 1. The highest BCUT2D eigenvalue weighted by molar-refractivity contribution is 7.87. The first-order valence-corrected chi connectivity index (χ1v) is 4.22. The molecule has 9 heteroatoms. The van der Waals surface area contributed by atoms with E-state index in [1.54, 1.807) is 0 Å². The molecule has 0 unspecified atom stereocenters. The van der Waals surface area contributed by atoms with Gasteiger partial charge in [-0.15, -0.1) is 4.83 Å². The standard InChI is InChI=1S/C2H9N3O2S.CH4N2O/c1-5(2)4-8(3,6)7;2-1(3)4/h4H,1-2H3,(H2,3,6,7);(H4,2,3,4). The van der Waals surface area contributed by atoms with Crippen LogP contribution in [0.2, 0.25) is 0 Å². The van der Waals surface area contributed by atoms with Gasteiger partial charge < -0.3 is 11.5 Å². The van der Waals surface area contributed by atoms with Gasteiger partial charge in [0, 0.05) is 14.1 Å². The number of carbonyl (C=O) groups is 1. The SMILES string of the molecule is CN(C)NS(N)(=O)=O.NC(N)=O. The molecule has 74 valence electrons. The smallest absolute Gasteiger partial charge is 0.309 e. The van der Waals surface area contributed by atoms with E-state index >= 15 is 0 Å². The minimum Gasteiger partial charge on any atom is -0.352 e. The molecule has 0 aromatic carbocycles. The van der Waals surface area contributed by atoms with E-state index in [1.807, 2.05) is 4.83 Å². The Bertz CT molecular complexity index is 218. The maximum atomic E-state index is 10.1. The van der Waals surface area contributed by atoms with Gasteiger partial charge in [-0.05, 0) is 0 Å². The lowest BCUT2D eigenvalue weighted by Crippen LogP contribution is -2.40. The van der Waals surface area contributed by atoms with Crippen LogP contribution in [0.25, 0.3) is 0 Å². The zero-order chi connectivity index (χ0) is 10.4. The van der Waals surface area contributed by atoms with Crippen molar-refractivity contribution < 1.29 is 13.2 Å². The molecule has 0 heterocycles. The van der Waals surface area contributed by atoms with E-state index in [0.717, 1.165) is 0 Å². The first kappa shape index (κ1) is 13.7. The minimum atomic E-state index is -3.55. The summed E-state index contributed by atoms with van der Waals surface area (Å²) in [4.78, 5) is 11.0. The van der Waals surface area contributed by atoms with E-state index in [9.17, 15) is 8.42 Å². The molecule has 0 aromatic heterocycles. The molecule has 0 fully saturated rings. The van der Waals surface area contributed by atoms with Crippen LogP contribution in [0.3, 0.4) is 0 Å². The molecule has 0 radical (unpaired) electrons. The Morgan fingerprint density at radius 2 is 1.58 bits per heavy atom. The van der Waals surface area contributed by atoms with Crippen LogP contribution in [0.4, 0.5) is 4.79 Å². The summed E-state index contributed by atoms with van der Waals surface area (Å²) in [5.41, 5.74) is 8.50. The number of amides is 2. The van der Waals surface area contributed by atoms with Gasteiger partial charge in [-0.3, -0.25) is 0 Å². The lowest BCUT2D eigenvalue weighted by atomic mass is 11.2. The van der Waals surface area contributed by atoms with Crippen molar-refractivity contribution in [2.45, 2.75) is 0 Å². The molecule has 0 aliphatic carbocycles. The lowest BCUT2D eigenvalue weighted by molar-refractivity contribution is 0.256. The fourth-order valence-corrected chi connectivity index (χ4v) is 0.763. The summed E-state index contributed by atoms with van der Waals surface area (Å²) in [5.74, 6) is 0. The van der Waals surface area contributed by atoms with Crippen molar-refractivity contribution in [3.63, 3.8) is 0 Å². The Labute approximate surface area is 70.8 Å². The van der Waals surface area contributed by atoms with E-state index in [2.05, 4.69) is 16.6 Å². The number of carbonyl (C=O) groups excluding carboxylic acids is 1. The minimum absolute atomic E-state index is 0.833.